The first kappa shape index (κ1) is 21.9. The molecule has 0 saturated carbocycles. The number of para-hydroxylation sites is 1. The molecular formula is C21H22ClN5O2S. The van der Waals surface area contributed by atoms with E-state index < -0.39 is 0 Å². The molecular weight excluding hydrogens is 422 g/mol. The average molecular weight is 444 g/mol. The van der Waals surface area contributed by atoms with Crippen molar-refractivity contribution in [3.63, 3.8) is 0 Å². The van der Waals surface area contributed by atoms with E-state index >= 15 is 0 Å². The molecule has 0 aliphatic carbocycles. The number of nitrogens with zero attached hydrogens (tertiary/aromatic N) is 3. The standard InChI is InChI=1S/C21H22ClN5O2S/c1-3-27-18(12-19(28)23-16-7-5-4-6-8-16)25-26-21(27)30-13-20(29)24-17-10-9-15(22)11-14(17)2/h4-11H,3,12-13H2,1-2H3,(H,23,28)(H,24,29). The molecule has 0 bridgehead atoms. The van der Waals surface area contributed by atoms with Crippen LogP contribution < -0.4 is 10.6 Å². The third-order valence-corrected chi connectivity index (χ3v) is 5.48. The van der Waals surface area contributed by atoms with Crippen LogP contribution in [0.25, 0.3) is 0 Å². The van der Waals surface area contributed by atoms with Gasteiger partial charge in [0.05, 0.1) is 12.2 Å². The maximum Gasteiger partial charge on any atom is 0.234 e. The number of anilines is 2. The van der Waals surface area contributed by atoms with Gasteiger partial charge in [0, 0.05) is 22.9 Å². The first-order valence-corrected chi connectivity index (χ1v) is 10.8. The zero-order valence-electron chi connectivity index (χ0n) is 16.7. The third-order valence-electron chi connectivity index (χ3n) is 4.28. The summed E-state index contributed by atoms with van der Waals surface area (Å²) < 4.78 is 1.84. The van der Waals surface area contributed by atoms with Crippen LogP contribution in [0.3, 0.4) is 0 Å². The van der Waals surface area contributed by atoms with E-state index in [1.54, 1.807) is 18.2 Å². The topological polar surface area (TPSA) is 88.9 Å². The summed E-state index contributed by atoms with van der Waals surface area (Å²) in [5.41, 5.74) is 2.35. The number of carbonyl (C=O) groups excluding carboxylic acids is 2. The molecule has 0 aliphatic rings. The van der Waals surface area contributed by atoms with Crippen LogP contribution in [0.1, 0.15) is 18.3 Å². The normalized spacial score (nSPS) is 10.6. The van der Waals surface area contributed by atoms with E-state index in [0.717, 1.165) is 16.9 Å². The SMILES string of the molecule is CCn1c(CC(=O)Nc2ccccc2)nnc1SCC(=O)Nc1ccc(Cl)cc1C. The number of benzene rings is 2. The average Bonchev–Trinajstić information content (AvgIpc) is 3.10. The Bertz CT molecular complexity index is 1040. The van der Waals surface area contributed by atoms with Gasteiger partial charge < -0.3 is 15.2 Å². The zero-order valence-corrected chi connectivity index (χ0v) is 18.3. The fourth-order valence-electron chi connectivity index (χ4n) is 2.83. The Morgan fingerprint density at radius 2 is 1.83 bits per heavy atom. The van der Waals surface area contributed by atoms with E-state index in [1.165, 1.54) is 11.8 Å². The Balaban J connectivity index is 1.58. The Kier molecular flexibility index (Phi) is 7.48. The van der Waals surface area contributed by atoms with Gasteiger partial charge in [0.15, 0.2) is 5.16 Å². The van der Waals surface area contributed by atoms with Gasteiger partial charge in [-0.1, -0.05) is 41.6 Å². The van der Waals surface area contributed by atoms with Gasteiger partial charge in [-0.05, 0) is 49.7 Å². The van der Waals surface area contributed by atoms with Crippen LogP contribution in [0.15, 0.2) is 53.7 Å². The van der Waals surface area contributed by atoms with Gasteiger partial charge in [-0.25, -0.2) is 0 Å². The van der Waals surface area contributed by atoms with Gasteiger partial charge in [0.25, 0.3) is 0 Å². The van der Waals surface area contributed by atoms with Crippen LogP contribution >= 0.6 is 23.4 Å². The number of hydrogen-bond acceptors (Lipinski definition) is 5. The van der Waals surface area contributed by atoms with Crippen molar-refractivity contribution in [2.75, 3.05) is 16.4 Å². The highest BCUT2D eigenvalue weighted by Gasteiger charge is 2.16. The number of aromatic nitrogens is 3. The number of halogens is 1. The molecule has 0 fully saturated rings. The number of thioether (sulfide) groups is 1. The number of hydrogen-bond donors (Lipinski definition) is 2. The second kappa shape index (κ2) is 10.3. The van der Waals surface area contributed by atoms with Gasteiger partial charge in [-0.2, -0.15) is 0 Å². The highest BCUT2D eigenvalue weighted by Crippen LogP contribution is 2.21. The lowest BCUT2D eigenvalue weighted by Gasteiger charge is -2.09. The van der Waals surface area contributed by atoms with E-state index in [1.807, 2.05) is 48.7 Å². The Morgan fingerprint density at radius 3 is 2.53 bits per heavy atom. The quantitative estimate of drug-likeness (QED) is 0.510. The number of amides is 2. The summed E-state index contributed by atoms with van der Waals surface area (Å²) in [5, 5.41) is 15.2. The van der Waals surface area contributed by atoms with Gasteiger partial charge in [0.2, 0.25) is 11.8 Å². The first-order chi connectivity index (χ1) is 14.5. The smallest absolute Gasteiger partial charge is 0.234 e. The fraction of sp³-hybridized carbons (Fsp3) is 0.238. The highest BCUT2D eigenvalue weighted by atomic mass is 35.5. The van der Waals surface area contributed by atoms with Crippen LogP contribution in [0.5, 0.6) is 0 Å². The number of aryl methyl sites for hydroxylation is 1. The molecule has 3 aromatic rings. The molecule has 156 valence electrons. The predicted octanol–water partition coefficient (Wildman–Crippen LogP) is 4.17. The van der Waals surface area contributed by atoms with Gasteiger partial charge in [0.1, 0.15) is 5.82 Å². The fourth-order valence-corrected chi connectivity index (χ4v) is 3.88. The third kappa shape index (κ3) is 5.84. The number of rotatable bonds is 8. The van der Waals surface area contributed by atoms with E-state index in [4.69, 9.17) is 11.6 Å². The lowest BCUT2D eigenvalue weighted by molar-refractivity contribution is -0.116. The monoisotopic (exact) mass is 443 g/mol. The summed E-state index contributed by atoms with van der Waals surface area (Å²) in [5.74, 6) is 0.411. The summed E-state index contributed by atoms with van der Waals surface area (Å²) in [6.45, 7) is 4.43. The van der Waals surface area contributed by atoms with Crippen molar-refractivity contribution >= 4 is 46.6 Å². The van der Waals surface area contributed by atoms with Crippen molar-refractivity contribution in [2.45, 2.75) is 32.0 Å². The lowest BCUT2D eigenvalue weighted by atomic mass is 10.2. The molecule has 2 N–H and O–H groups in total. The summed E-state index contributed by atoms with van der Waals surface area (Å²) >= 11 is 7.23. The second-order valence-corrected chi connectivity index (χ2v) is 7.91. The Morgan fingerprint density at radius 1 is 1.07 bits per heavy atom. The molecule has 30 heavy (non-hydrogen) atoms. The summed E-state index contributed by atoms with van der Waals surface area (Å²) in [6.07, 6.45) is 0.104. The molecule has 0 radical (unpaired) electrons. The van der Waals surface area contributed by atoms with Crippen LogP contribution in [0.4, 0.5) is 11.4 Å². The molecule has 1 heterocycles. The number of carbonyl (C=O) groups is 2. The van der Waals surface area contributed by atoms with Gasteiger partial charge >= 0.3 is 0 Å². The predicted molar refractivity (Wildman–Crippen MR) is 120 cm³/mol. The largest absolute Gasteiger partial charge is 0.326 e. The van der Waals surface area contributed by atoms with Crippen molar-refractivity contribution in [1.82, 2.24) is 14.8 Å². The van der Waals surface area contributed by atoms with Crippen LogP contribution in [0.2, 0.25) is 5.02 Å². The molecule has 2 amide bonds. The Labute approximate surface area is 184 Å². The second-order valence-electron chi connectivity index (χ2n) is 6.53. The molecule has 2 aromatic carbocycles. The summed E-state index contributed by atoms with van der Waals surface area (Å²) in [4.78, 5) is 24.6. The molecule has 0 aliphatic heterocycles. The molecule has 0 unspecified atom stereocenters. The van der Waals surface area contributed by atoms with E-state index in [9.17, 15) is 9.59 Å². The maximum absolute atomic E-state index is 12.3. The van der Waals surface area contributed by atoms with Crippen LogP contribution in [0, 0.1) is 6.92 Å². The van der Waals surface area contributed by atoms with Gasteiger partial charge in [-0.15, -0.1) is 10.2 Å². The van der Waals surface area contributed by atoms with E-state index in [0.29, 0.717) is 22.5 Å². The van der Waals surface area contributed by atoms with Crippen LogP contribution in [-0.4, -0.2) is 32.3 Å². The summed E-state index contributed by atoms with van der Waals surface area (Å²) in [6, 6.07) is 14.6. The molecule has 0 atom stereocenters. The summed E-state index contributed by atoms with van der Waals surface area (Å²) in [7, 11) is 0. The van der Waals surface area contributed by atoms with Gasteiger partial charge in [-0.3, -0.25) is 9.59 Å². The zero-order chi connectivity index (χ0) is 21.5. The van der Waals surface area contributed by atoms with Crippen molar-refractivity contribution in [2.24, 2.45) is 0 Å². The van der Waals surface area contributed by atoms with E-state index in [-0.39, 0.29) is 24.0 Å². The lowest BCUT2D eigenvalue weighted by Crippen LogP contribution is -2.18. The van der Waals surface area contributed by atoms with Crippen molar-refractivity contribution in [3.8, 4) is 0 Å². The molecule has 1 aromatic heterocycles. The molecule has 3 rings (SSSR count). The molecule has 0 saturated heterocycles. The van der Waals surface area contributed by atoms with E-state index in [2.05, 4.69) is 20.8 Å². The highest BCUT2D eigenvalue weighted by molar-refractivity contribution is 7.99. The molecule has 0 spiro atoms. The first-order valence-electron chi connectivity index (χ1n) is 9.42. The molecule has 9 heteroatoms. The van der Waals surface area contributed by atoms with Crippen molar-refractivity contribution in [3.05, 3.63) is 64.9 Å². The Hall–Kier alpha value is -2.84. The molecule has 7 nitrogen and oxygen atoms in total. The van der Waals surface area contributed by atoms with Crippen molar-refractivity contribution in [1.29, 1.82) is 0 Å². The maximum atomic E-state index is 12.3. The minimum Gasteiger partial charge on any atom is -0.326 e. The minimum absolute atomic E-state index is 0.104. The minimum atomic E-state index is -0.171. The van der Waals surface area contributed by atoms with Crippen molar-refractivity contribution < 1.29 is 9.59 Å². The number of nitrogens with one attached hydrogen (secondary N) is 2. The van der Waals surface area contributed by atoms with Crippen LogP contribution in [-0.2, 0) is 22.6 Å².